The number of methoxy groups -OCH3 is 1. The maximum atomic E-state index is 12.1. The average molecular weight is 234 g/mol. The van der Waals surface area contributed by atoms with E-state index < -0.39 is 17.3 Å². The number of ketones is 2. The number of ether oxygens (including phenoxy) is 1. The van der Waals surface area contributed by atoms with Crippen LogP contribution in [0.2, 0.25) is 0 Å². The van der Waals surface area contributed by atoms with Crippen molar-refractivity contribution >= 4 is 17.5 Å². The van der Waals surface area contributed by atoms with E-state index in [2.05, 4.69) is 0 Å². The highest BCUT2D eigenvalue weighted by atomic mass is 16.5. The van der Waals surface area contributed by atoms with Crippen LogP contribution in [-0.2, 0) is 19.1 Å². The lowest BCUT2D eigenvalue weighted by Gasteiger charge is -2.42. The summed E-state index contributed by atoms with van der Waals surface area (Å²) in [4.78, 5) is 36.0. The van der Waals surface area contributed by atoms with Gasteiger partial charge in [-0.15, -0.1) is 0 Å². The van der Waals surface area contributed by atoms with E-state index >= 15 is 0 Å². The molecule has 0 bridgehead atoms. The molecule has 3 atom stereocenters. The average Bonchev–Trinajstić information content (AvgIpc) is 2.33. The highest BCUT2D eigenvalue weighted by Gasteiger charge is 2.59. The molecular formula is C13H14O4. The molecule has 0 aromatic carbocycles. The zero-order valence-electron chi connectivity index (χ0n) is 9.80. The minimum absolute atomic E-state index is 0.175. The predicted octanol–water partition coefficient (Wildman–Crippen LogP) is 1.07. The van der Waals surface area contributed by atoms with Gasteiger partial charge in [0.25, 0.3) is 0 Å². The Labute approximate surface area is 99.3 Å². The van der Waals surface area contributed by atoms with Crippen LogP contribution >= 0.6 is 0 Å². The van der Waals surface area contributed by atoms with Crippen LogP contribution in [0.1, 0.15) is 13.3 Å². The van der Waals surface area contributed by atoms with E-state index in [1.165, 1.54) is 19.3 Å². The second kappa shape index (κ2) is 3.95. The molecule has 2 aliphatic rings. The molecule has 4 nitrogen and oxygen atoms in total. The molecule has 0 saturated heterocycles. The van der Waals surface area contributed by atoms with Crippen molar-refractivity contribution in [3.05, 3.63) is 24.3 Å². The zero-order valence-corrected chi connectivity index (χ0v) is 9.80. The number of allylic oxidation sites excluding steroid dienone is 4. The van der Waals surface area contributed by atoms with Crippen LogP contribution in [0.3, 0.4) is 0 Å². The lowest BCUT2D eigenvalue weighted by Crippen LogP contribution is -2.55. The number of carbonyl (C=O) groups is 3. The molecule has 0 unspecified atom stereocenters. The Balaban J connectivity index is 2.62. The highest BCUT2D eigenvalue weighted by molar-refractivity contribution is 6.18. The Morgan fingerprint density at radius 3 is 2.76 bits per heavy atom. The second-order valence-corrected chi connectivity index (χ2v) is 4.47. The van der Waals surface area contributed by atoms with Crippen molar-refractivity contribution in [2.24, 2.45) is 17.3 Å². The van der Waals surface area contributed by atoms with Gasteiger partial charge in [0.05, 0.1) is 7.11 Å². The van der Waals surface area contributed by atoms with Crippen LogP contribution in [0.5, 0.6) is 0 Å². The fourth-order valence-corrected chi connectivity index (χ4v) is 2.82. The van der Waals surface area contributed by atoms with Crippen LogP contribution in [0, 0.1) is 17.3 Å². The van der Waals surface area contributed by atoms with Gasteiger partial charge in [-0.1, -0.05) is 19.1 Å². The molecule has 0 radical (unpaired) electrons. The van der Waals surface area contributed by atoms with Crippen molar-refractivity contribution in [2.45, 2.75) is 13.3 Å². The third kappa shape index (κ3) is 1.40. The van der Waals surface area contributed by atoms with E-state index in [1.807, 2.05) is 6.08 Å². The lowest BCUT2D eigenvalue weighted by molar-refractivity contribution is -0.167. The van der Waals surface area contributed by atoms with Crippen LogP contribution < -0.4 is 0 Å². The third-order valence-corrected chi connectivity index (χ3v) is 3.74. The molecule has 90 valence electrons. The summed E-state index contributed by atoms with van der Waals surface area (Å²) in [6.45, 7) is 1.77. The molecule has 0 spiro atoms. The van der Waals surface area contributed by atoms with E-state index in [-0.39, 0.29) is 17.5 Å². The van der Waals surface area contributed by atoms with Crippen LogP contribution in [0.15, 0.2) is 24.3 Å². The summed E-state index contributed by atoms with van der Waals surface area (Å²) in [5.74, 6) is -2.05. The van der Waals surface area contributed by atoms with Crippen molar-refractivity contribution in [3.8, 4) is 0 Å². The topological polar surface area (TPSA) is 60.4 Å². The van der Waals surface area contributed by atoms with Gasteiger partial charge >= 0.3 is 5.97 Å². The van der Waals surface area contributed by atoms with Crippen LogP contribution in [-0.4, -0.2) is 24.6 Å². The summed E-state index contributed by atoms with van der Waals surface area (Å²) in [7, 11) is 1.25. The minimum Gasteiger partial charge on any atom is -0.468 e. The zero-order chi connectivity index (χ0) is 12.6. The molecule has 2 rings (SSSR count). The van der Waals surface area contributed by atoms with Gasteiger partial charge in [-0.3, -0.25) is 14.4 Å². The maximum absolute atomic E-state index is 12.1. The quantitative estimate of drug-likeness (QED) is 0.387. The molecule has 17 heavy (non-hydrogen) atoms. The summed E-state index contributed by atoms with van der Waals surface area (Å²) < 4.78 is 4.76. The van der Waals surface area contributed by atoms with Gasteiger partial charge in [0.1, 0.15) is 5.41 Å². The molecule has 0 amide bonds. The summed E-state index contributed by atoms with van der Waals surface area (Å²) >= 11 is 0. The van der Waals surface area contributed by atoms with Crippen molar-refractivity contribution in [1.29, 1.82) is 0 Å². The van der Waals surface area contributed by atoms with E-state index in [0.717, 1.165) is 0 Å². The largest absolute Gasteiger partial charge is 0.468 e. The fourth-order valence-electron chi connectivity index (χ4n) is 2.82. The molecular weight excluding hydrogens is 220 g/mol. The predicted molar refractivity (Wildman–Crippen MR) is 60.0 cm³/mol. The summed E-state index contributed by atoms with van der Waals surface area (Å²) in [5.41, 5.74) is -1.35. The summed E-state index contributed by atoms with van der Waals surface area (Å²) in [6, 6.07) is 0. The molecule has 0 fully saturated rings. The number of carbonyl (C=O) groups excluding carboxylic acids is 3. The minimum atomic E-state index is -1.35. The summed E-state index contributed by atoms with van der Waals surface area (Å²) in [6.07, 6.45) is 6.53. The Morgan fingerprint density at radius 2 is 2.12 bits per heavy atom. The van der Waals surface area contributed by atoms with Crippen molar-refractivity contribution in [2.75, 3.05) is 7.11 Å². The van der Waals surface area contributed by atoms with Crippen molar-refractivity contribution in [3.63, 3.8) is 0 Å². The van der Waals surface area contributed by atoms with Gasteiger partial charge in [0.15, 0.2) is 11.6 Å². The second-order valence-electron chi connectivity index (χ2n) is 4.47. The van der Waals surface area contributed by atoms with Crippen molar-refractivity contribution in [1.82, 2.24) is 0 Å². The highest BCUT2D eigenvalue weighted by Crippen LogP contribution is 2.46. The van der Waals surface area contributed by atoms with Gasteiger partial charge in [-0.05, 0) is 24.5 Å². The standard InChI is InChI=1S/C13H14O4/c1-8-4-3-5-9-10(14)6-7-11(15)13(8,9)12(16)17-2/h3-4,6-9H,5H2,1-2H3/t8-,9-,13+/m1/s1. The number of hydrogen-bond acceptors (Lipinski definition) is 4. The number of esters is 1. The smallest absolute Gasteiger partial charge is 0.321 e. The molecule has 0 aromatic rings. The first kappa shape index (κ1) is 11.8. The Bertz CT molecular complexity index is 446. The third-order valence-electron chi connectivity index (χ3n) is 3.74. The Hall–Kier alpha value is -1.71. The van der Waals surface area contributed by atoms with E-state index in [1.54, 1.807) is 13.0 Å². The lowest BCUT2D eigenvalue weighted by atomic mass is 9.57. The number of fused-ring (bicyclic) bond motifs is 1. The Kier molecular flexibility index (Phi) is 2.73. The monoisotopic (exact) mass is 234 g/mol. The SMILES string of the molecule is COC(=O)[C@]12C(=O)C=CC(=O)[C@H]1CC=C[C@H]2C. The maximum Gasteiger partial charge on any atom is 0.321 e. The van der Waals surface area contributed by atoms with Gasteiger partial charge < -0.3 is 4.74 Å². The van der Waals surface area contributed by atoms with E-state index in [9.17, 15) is 14.4 Å². The van der Waals surface area contributed by atoms with E-state index in [0.29, 0.717) is 6.42 Å². The molecule has 4 heteroatoms. The molecule has 0 aliphatic heterocycles. The van der Waals surface area contributed by atoms with Gasteiger partial charge in [0.2, 0.25) is 0 Å². The van der Waals surface area contributed by atoms with Crippen LogP contribution in [0.4, 0.5) is 0 Å². The molecule has 2 aliphatic carbocycles. The fraction of sp³-hybridized carbons (Fsp3) is 0.462. The summed E-state index contributed by atoms with van der Waals surface area (Å²) in [5, 5.41) is 0. The van der Waals surface area contributed by atoms with Gasteiger partial charge in [-0.2, -0.15) is 0 Å². The Morgan fingerprint density at radius 1 is 1.41 bits per heavy atom. The first-order valence-electron chi connectivity index (χ1n) is 5.56. The first-order chi connectivity index (χ1) is 8.05. The van der Waals surface area contributed by atoms with Gasteiger partial charge in [0, 0.05) is 5.92 Å². The molecule has 0 heterocycles. The first-order valence-corrected chi connectivity index (χ1v) is 5.56. The van der Waals surface area contributed by atoms with Crippen LogP contribution in [0.25, 0.3) is 0 Å². The molecule has 0 N–H and O–H groups in total. The van der Waals surface area contributed by atoms with Gasteiger partial charge in [-0.25, -0.2) is 0 Å². The van der Waals surface area contributed by atoms with Crippen molar-refractivity contribution < 1.29 is 19.1 Å². The number of hydrogen-bond donors (Lipinski definition) is 0. The molecule has 0 saturated carbocycles. The molecule has 0 aromatic heterocycles. The normalized spacial score (nSPS) is 35.6. The van der Waals surface area contributed by atoms with E-state index in [4.69, 9.17) is 4.74 Å². The number of rotatable bonds is 1.